The van der Waals surface area contributed by atoms with Gasteiger partial charge in [0.05, 0.1) is 78.8 Å². The van der Waals surface area contributed by atoms with Crippen molar-refractivity contribution in [3.8, 4) is 69.1 Å². The average molecular weight is 1020 g/mol. The molecule has 370 valence electrons. The van der Waals surface area contributed by atoms with Crippen LogP contribution in [0.15, 0.2) is 249 Å². The molecule has 0 saturated carbocycles. The number of fused-ring (bicyclic) bond motifs is 12. The van der Waals surface area contributed by atoms with Gasteiger partial charge >= 0.3 is 0 Å². The van der Waals surface area contributed by atoms with E-state index in [-0.39, 0.29) is 0 Å². The number of para-hydroxylation sites is 6. The van der Waals surface area contributed by atoms with Gasteiger partial charge in [-0.25, -0.2) is 15.0 Å². The van der Waals surface area contributed by atoms with Crippen LogP contribution in [0.2, 0.25) is 0 Å². The van der Waals surface area contributed by atoms with E-state index in [9.17, 15) is 10.5 Å². The van der Waals surface area contributed by atoms with Crippen molar-refractivity contribution < 1.29 is 0 Å². The van der Waals surface area contributed by atoms with E-state index in [1.165, 1.54) is 21.5 Å². The molecule has 0 aliphatic heterocycles. The number of aromatic nitrogens is 7. The molecule has 9 nitrogen and oxygen atoms in total. The number of hydrogen-bond donors (Lipinski definition) is 0. The lowest BCUT2D eigenvalue weighted by Crippen LogP contribution is -2.06. The van der Waals surface area contributed by atoms with Gasteiger partial charge in [0.2, 0.25) is 0 Å². The van der Waals surface area contributed by atoms with Crippen LogP contribution < -0.4 is 0 Å². The maximum atomic E-state index is 10.6. The van der Waals surface area contributed by atoms with E-state index in [1.54, 1.807) is 0 Å². The van der Waals surface area contributed by atoms with Gasteiger partial charge in [-0.05, 0) is 109 Å². The van der Waals surface area contributed by atoms with Crippen molar-refractivity contribution >= 4 is 87.2 Å². The molecule has 11 aromatic carbocycles. The van der Waals surface area contributed by atoms with Crippen molar-refractivity contribution in [2.24, 2.45) is 0 Å². The minimum absolute atomic E-state index is 0.375. The number of rotatable bonds is 7. The summed E-state index contributed by atoms with van der Waals surface area (Å²) >= 11 is 0. The molecule has 0 spiro atoms. The molecular formula is C71H41N9. The Bertz CT molecular complexity index is 4930. The molecule has 16 aromatic rings. The normalized spacial score (nSPS) is 11.7. The Morgan fingerprint density at radius 2 is 0.575 bits per heavy atom. The summed E-state index contributed by atoms with van der Waals surface area (Å²) in [6.07, 6.45) is 0. The number of nitrogens with zero attached hydrogens (tertiary/aromatic N) is 9. The van der Waals surface area contributed by atoms with E-state index in [0.29, 0.717) is 39.7 Å². The summed E-state index contributed by atoms with van der Waals surface area (Å²) < 4.78 is 9.21. The van der Waals surface area contributed by atoms with Crippen LogP contribution in [0, 0.1) is 22.7 Å². The van der Waals surface area contributed by atoms with Crippen molar-refractivity contribution in [3.05, 3.63) is 260 Å². The highest BCUT2D eigenvalue weighted by atomic mass is 15.1. The second-order valence-electron chi connectivity index (χ2n) is 20.2. The molecule has 80 heavy (non-hydrogen) atoms. The predicted molar refractivity (Wildman–Crippen MR) is 323 cm³/mol. The second-order valence-corrected chi connectivity index (χ2v) is 20.2. The summed E-state index contributed by atoms with van der Waals surface area (Å²) in [6.45, 7) is 0. The fourth-order valence-corrected chi connectivity index (χ4v) is 12.4. The van der Waals surface area contributed by atoms with E-state index in [4.69, 9.17) is 15.0 Å². The van der Waals surface area contributed by atoms with Crippen LogP contribution in [0.5, 0.6) is 0 Å². The zero-order valence-electron chi connectivity index (χ0n) is 42.7. The first-order valence-electron chi connectivity index (χ1n) is 26.5. The molecule has 0 N–H and O–H groups in total. The van der Waals surface area contributed by atoms with Crippen molar-refractivity contribution in [2.45, 2.75) is 0 Å². The van der Waals surface area contributed by atoms with E-state index < -0.39 is 0 Å². The van der Waals surface area contributed by atoms with Crippen LogP contribution in [0.4, 0.5) is 0 Å². The average Bonchev–Trinajstić information content (AvgIpc) is 4.35. The summed E-state index contributed by atoms with van der Waals surface area (Å²) in [6, 6.07) is 90.7. The molecule has 16 rings (SSSR count). The lowest BCUT2D eigenvalue weighted by Gasteiger charge is -2.17. The Morgan fingerprint density at radius 1 is 0.263 bits per heavy atom. The molecular weight excluding hydrogens is 979 g/mol. The van der Waals surface area contributed by atoms with Crippen LogP contribution in [0.25, 0.3) is 144 Å². The van der Waals surface area contributed by atoms with E-state index in [1.807, 2.05) is 66.7 Å². The lowest BCUT2D eigenvalue weighted by molar-refractivity contribution is 1.06. The van der Waals surface area contributed by atoms with Crippen LogP contribution >= 0.6 is 0 Å². The predicted octanol–water partition coefficient (Wildman–Crippen LogP) is 17.0. The Morgan fingerprint density at radius 3 is 0.950 bits per heavy atom. The van der Waals surface area contributed by atoms with Gasteiger partial charge in [0.15, 0.2) is 17.5 Å². The van der Waals surface area contributed by atoms with Gasteiger partial charge in [-0.15, -0.1) is 0 Å². The van der Waals surface area contributed by atoms with Gasteiger partial charge in [0.1, 0.15) is 0 Å². The van der Waals surface area contributed by atoms with Crippen LogP contribution in [0.3, 0.4) is 0 Å². The number of nitriles is 2. The molecule has 0 bridgehead atoms. The van der Waals surface area contributed by atoms with Gasteiger partial charge in [0.25, 0.3) is 0 Å². The van der Waals surface area contributed by atoms with Gasteiger partial charge in [-0.3, -0.25) is 0 Å². The Hall–Kier alpha value is -11.4. The molecule has 0 fully saturated rings. The van der Waals surface area contributed by atoms with Crippen LogP contribution in [0.1, 0.15) is 11.1 Å². The molecule has 0 unspecified atom stereocenters. The fourth-order valence-electron chi connectivity index (χ4n) is 12.4. The van der Waals surface area contributed by atoms with Gasteiger partial charge in [-0.1, -0.05) is 140 Å². The minimum Gasteiger partial charge on any atom is -0.309 e. The summed E-state index contributed by atoms with van der Waals surface area (Å²) in [5.41, 5.74) is 15.2. The molecule has 0 saturated heterocycles. The third-order valence-electron chi connectivity index (χ3n) is 15.9. The van der Waals surface area contributed by atoms with E-state index >= 15 is 0 Å². The highest BCUT2D eigenvalue weighted by molar-refractivity contribution is 6.14. The van der Waals surface area contributed by atoms with Crippen molar-refractivity contribution in [2.75, 3.05) is 0 Å². The standard InChI is InChI=1S/C71H41N9/c72-42-44-30-34-67(79-63-28-14-8-22-53(63)55-40-47(32-36-65(55)79)77-59-24-10-4-18-49(59)50-19-5-11-25-60(50)77)57(38-44)70-74-69(46-16-2-1-3-17-46)75-71(76-70)58-39-45(43-73)31-35-68(58)80-64-29-15-9-23-54(64)56-41-48(33-37-66(56)80)78-61-26-12-6-20-51(61)52-21-7-13-27-62(52)78/h1-41H. The molecule has 5 aromatic heterocycles. The summed E-state index contributed by atoms with van der Waals surface area (Å²) in [5.74, 6) is 1.20. The SMILES string of the molecule is N#Cc1ccc(-n2c3ccccc3c3cc(-n4c5ccccc5c5ccccc54)ccc32)c(-c2nc(-c3ccccc3)nc(-c3cc(C#N)ccc3-n3c4ccccc4c4cc(-n5c6ccccc6c6ccccc65)ccc43)n2)c1. The molecule has 5 heterocycles. The zero-order valence-corrected chi connectivity index (χ0v) is 42.7. The van der Waals surface area contributed by atoms with Crippen LogP contribution in [-0.2, 0) is 0 Å². The van der Waals surface area contributed by atoms with Crippen molar-refractivity contribution in [1.29, 1.82) is 10.5 Å². The van der Waals surface area contributed by atoms with Crippen LogP contribution in [-0.4, -0.2) is 33.2 Å². The van der Waals surface area contributed by atoms with E-state index in [0.717, 1.165) is 94.0 Å². The largest absolute Gasteiger partial charge is 0.309 e. The second kappa shape index (κ2) is 17.6. The Kier molecular flexibility index (Phi) is 9.86. The quantitative estimate of drug-likeness (QED) is 0.158. The van der Waals surface area contributed by atoms with Gasteiger partial charge < -0.3 is 18.3 Å². The highest BCUT2D eigenvalue weighted by Gasteiger charge is 2.25. The minimum atomic E-state index is 0.375. The summed E-state index contributed by atoms with van der Waals surface area (Å²) in [7, 11) is 0. The zero-order chi connectivity index (χ0) is 53.0. The van der Waals surface area contributed by atoms with Crippen molar-refractivity contribution in [3.63, 3.8) is 0 Å². The summed E-state index contributed by atoms with van der Waals surface area (Å²) in [5, 5.41) is 30.3. The lowest BCUT2D eigenvalue weighted by atomic mass is 10.1. The highest BCUT2D eigenvalue weighted by Crippen LogP contribution is 2.42. The topological polar surface area (TPSA) is 106 Å². The molecule has 0 aliphatic rings. The molecule has 0 aliphatic carbocycles. The first kappa shape index (κ1) is 44.9. The molecule has 0 atom stereocenters. The maximum absolute atomic E-state index is 10.6. The first-order chi connectivity index (χ1) is 39.6. The third-order valence-corrected chi connectivity index (χ3v) is 15.9. The monoisotopic (exact) mass is 1020 g/mol. The number of benzene rings is 11. The van der Waals surface area contributed by atoms with Gasteiger partial charge in [-0.2, -0.15) is 10.5 Å². The number of hydrogen-bond acceptors (Lipinski definition) is 5. The van der Waals surface area contributed by atoms with Gasteiger partial charge in [0, 0.05) is 71.2 Å². The first-order valence-corrected chi connectivity index (χ1v) is 26.5. The smallest absolute Gasteiger partial charge is 0.166 e. The molecule has 0 radical (unpaired) electrons. The fraction of sp³-hybridized carbons (Fsp3) is 0. The Balaban J connectivity index is 0.918. The third kappa shape index (κ3) is 6.72. The summed E-state index contributed by atoms with van der Waals surface area (Å²) in [4.78, 5) is 16.1. The Labute approximate surface area is 457 Å². The molecule has 9 heteroatoms. The maximum Gasteiger partial charge on any atom is 0.166 e. The van der Waals surface area contributed by atoms with Crippen molar-refractivity contribution in [1.82, 2.24) is 33.2 Å². The van der Waals surface area contributed by atoms with E-state index in [2.05, 4.69) is 212 Å². The molecule has 0 amide bonds.